The largest absolute Gasteiger partial charge is 0.454 e. The first-order chi connectivity index (χ1) is 32.0. The van der Waals surface area contributed by atoms with Gasteiger partial charge in [-0.2, -0.15) is 0 Å². The van der Waals surface area contributed by atoms with Gasteiger partial charge in [0.15, 0.2) is 24.8 Å². The number of hydrogen-bond acceptors (Lipinski definition) is 10. The van der Waals surface area contributed by atoms with E-state index in [2.05, 4.69) is 32.0 Å². The van der Waals surface area contributed by atoms with Gasteiger partial charge in [0.25, 0.3) is 0 Å². The number of carbonyl (C=O) groups is 3. The third kappa shape index (κ3) is 9.11. The molecule has 2 aliphatic heterocycles. The van der Waals surface area contributed by atoms with Crippen LogP contribution in [0.15, 0.2) is 109 Å². The monoisotopic (exact) mass is 898 g/mol. The Morgan fingerprint density at radius 2 is 1.11 bits per heavy atom. The predicted octanol–water partition coefficient (Wildman–Crippen LogP) is 10.8. The molecule has 0 radical (unpaired) electrons. The van der Waals surface area contributed by atoms with Gasteiger partial charge in [0.05, 0.1) is 28.9 Å². The Morgan fingerprint density at radius 3 is 1.65 bits per heavy atom. The molecule has 3 aliphatic carbocycles. The minimum atomic E-state index is -0.960. The van der Waals surface area contributed by atoms with Crippen LogP contribution in [-0.4, -0.2) is 73.2 Å². The number of carbonyl (C=O) groups excluding carboxylic acids is 3. The lowest BCUT2D eigenvalue weighted by Crippen LogP contribution is -2.62. The highest BCUT2D eigenvalue weighted by Crippen LogP contribution is 2.62. The molecule has 2 saturated carbocycles. The van der Waals surface area contributed by atoms with Gasteiger partial charge in [-0.15, -0.1) is 0 Å². The van der Waals surface area contributed by atoms with Crippen molar-refractivity contribution in [2.45, 2.75) is 154 Å². The van der Waals surface area contributed by atoms with Crippen molar-refractivity contribution in [3.05, 3.63) is 143 Å². The zero-order chi connectivity index (χ0) is 46.1. The van der Waals surface area contributed by atoms with Gasteiger partial charge in [-0.05, 0) is 129 Å². The molecule has 4 aromatic carbocycles. The Bertz CT molecular complexity index is 2300. The molecule has 0 spiro atoms. The first kappa shape index (κ1) is 46.2. The maximum Gasteiger partial charge on any atom is 0.338 e. The Hall–Kier alpha value is -4.87. The first-order valence-corrected chi connectivity index (χ1v) is 24.5. The highest BCUT2D eigenvalue weighted by atomic mass is 16.7. The molecule has 2 heterocycles. The summed E-state index contributed by atoms with van der Waals surface area (Å²) in [5.74, 6) is -0.891. The molecular formula is C56H66O10. The van der Waals surface area contributed by atoms with Gasteiger partial charge in [0, 0.05) is 11.8 Å². The maximum atomic E-state index is 13.9. The zero-order valence-electron chi connectivity index (χ0n) is 39.2. The van der Waals surface area contributed by atoms with Gasteiger partial charge in [-0.1, -0.05) is 113 Å². The highest BCUT2D eigenvalue weighted by molar-refractivity contribution is 5.90. The van der Waals surface area contributed by atoms with Crippen molar-refractivity contribution in [2.24, 2.45) is 29.1 Å². The lowest BCUT2D eigenvalue weighted by Gasteiger charge is -2.52. The molecule has 0 amide bonds. The van der Waals surface area contributed by atoms with Crippen LogP contribution in [0.25, 0.3) is 0 Å². The molecule has 0 aromatic heterocycles. The van der Waals surface area contributed by atoms with Crippen LogP contribution in [0.3, 0.4) is 0 Å². The second-order valence-corrected chi connectivity index (χ2v) is 19.8. The van der Waals surface area contributed by atoms with Crippen molar-refractivity contribution in [1.29, 1.82) is 0 Å². The summed E-state index contributed by atoms with van der Waals surface area (Å²) in [6, 6.07) is 33.5. The molecule has 350 valence electrons. The van der Waals surface area contributed by atoms with E-state index in [1.165, 1.54) is 17.5 Å². The minimum Gasteiger partial charge on any atom is -0.454 e. The summed E-state index contributed by atoms with van der Waals surface area (Å²) in [5, 5.41) is 0. The van der Waals surface area contributed by atoms with Crippen LogP contribution in [-0.2, 0) is 39.6 Å². The third-order valence-electron chi connectivity index (χ3n) is 15.8. The van der Waals surface area contributed by atoms with E-state index in [4.69, 9.17) is 33.2 Å². The number of rotatable bonds is 12. The van der Waals surface area contributed by atoms with Gasteiger partial charge in [-0.25, -0.2) is 14.4 Å². The Morgan fingerprint density at radius 1 is 0.606 bits per heavy atom. The van der Waals surface area contributed by atoms with Crippen LogP contribution in [0, 0.1) is 36.0 Å². The van der Waals surface area contributed by atoms with Gasteiger partial charge in [-0.3, -0.25) is 0 Å². The molecule has 4 fully saturated rings. The summed E-state index contributed by atoms with van der Waals surface area (Å²) in [6.07, 6.45) is 1.18. The van der Waals surface area contributed by atoms with E-state index in [0.717, 1.165) is 32.1 Å². The average Bonchev–Trinajstić information content (AvgIpc) is 3.68. The summed E-state index contributed by atoms with van der Waals surface area (Å²) in [4.78, 5) is 41.4. The predicted molar refractivity (Wildman–Crippen MR) is 249 cm³/mol. The molecule has 9 rings (SSSR count). The lowest BCUT2D eigenvalue weighted by atomic mass is 9.55. The molecule has 10 heteroatoms. The van der Waals surface area contributed by atoms with Crippen molar-refractivity contribution in [3.63, 3.8) is 0 Å². The summed E-state index contributed by atoms with van der Waals surface area (Å²) in [7, 11) is 0. The van der Waals surface area contributed by atoms with Gasteiger partial charge < -0.3 is 33.2 Å². The molecule has 2 saturated heterocycles. The quantitative estimate of drug-likeness (QED) is 0.101. The third-order valence-corrected chi connectivity index (χ3v) is 15.8. The van der Waals surface area contributed by atoms with E-state index in [-0.39, 0.29) is 11.5 Å². The first-order valence-electron chi connectivity index (χ1n) is 24.5. The maximum absolute atomic E-state index is 13.9. The second-order valence-electron chi connectivity index (χ2n) is 19.8. The normalized spacial score (nSPS) is 34.8. The molecule has 4 aromatic rings. The number of aryl methyl sites for hydroxylation is 2. The fourth-order valence-electron chi connectivity index (χ4n) is 12.2. The summed E-state index contributed by atoms with van der Waals surface area (Å²) < 4.78 is 47.1. The van der Waals surface area contributed by atoms with Crippen molar-refractivity contribution < 1.29 is 47.5 Å². The number of fused-ring (bicyclic) bond motifs is 5. The van der Waals surface area contributed by atoms with E-state index in [1.807, 2.05) is 58.0 Å². The second kappa shape index (κ2) is 19.8. The number of ether oxygens (including phenoxy) is 7. The molecule has 5 aliphatic rings. The van der Waals surface area contributed by atoms with E-state index in [0.29, 0.717) is 47.3 Å². The summed E-state index contributed by atoms with van der Waals surface area (Å²) in [5.41, 5.74) is 5.56. The lowest BCUT2D eigenvalue weighted by molar-refractivity contribution is -0.345. The Balaban J connectivity index is 0.998. The number of hydrogen-bond donors (Lipinski definition) is 0. The fraction of sp³-hybridized carbons (Fsp3) is 0.518. The van der Waals surface area contributed by atoms with Crippen molar-refractivity contribution in [2.75, 3.05) is 0 Å². The van der Waals surface area contributed by atoms with Crippen LogP contribution in [0.5, 0.6) is 0 Å². The van der Waals surface area contributed by atoms with Crippen LogP contribution in [0.1, 0.15) is 133 Å². The molecule has 15 atom stereocenters. The van der Waals surface area contributed by atoms with Gasteiger partial charge in [0.1, 0.15) is 18.3 Å². The van der Waals surface area contributed by atoms with Crippen molar-refractivity contribution in [3.8, 4) is 0 Å². The van der Waals surface area contributed by atoms with Gasteiger partial charge >= 0.3 is 17.9 Å². The Kier molecular flexibility index (Phi) is 13.9. The minimum absolute atomic E-state index is 0.0154. The van der Waals surface area contributed by atoms with Crippen LogP contribution >= 0.6 is 0 Å². The van der Waals surface area contributed by atoms with Crippen LogP contribution in [0.4, 0.5) is 0 Å². The standard InChI is InChI=1S/C56H66O10/c1-7-44-49(64-52(58)37-20-14-10-15-21-37)47(63-51(57)36-18-12-9-13-19-36)34(4)55(61-44)66-48-35(5)54(60-45(8-2)50(48)65-53(59)38-22-16-11-17-23-38)62-46-29-28-43-42-27-25-39-32-33(3)24-26-40(39)41(42)30-31-56(43,46)6/h9-24,26,32,34-35,41-50,54-55H,7-8,25,27-31H2,1-6H3/t34?,35?,41-,42-,43+,44?,45?,46+,47?,48?,49?,50?,54?,55?,56+/m1/s1. The van der Waals surface area contributed by atoms with E-state index >= 15 is 0 Å². The van der Waals surface area contributed by atoms with Crippen molar-refractivity contribution in [1.82, 2.24) is 0 Å². The van der Waals surface area contributed by atoms with Crippen molar-refractivity contribution >= 4 is 17.9 Å². The van der Waals surface area contributed by atoms with E-state index in [1.54, 1.807) is 66.2 Å². The average molecular weight is 899 g/mol. The number of benzene rings is 4. The fourth-order valence-corrected chi connectivity index (χ4v) is 12.2. The summed E-state index contributed by atoms with van der Waals surface area (Å²) in [6.45, 7) is 12.5. The highest BCUT2D eigenvalue weighted by Gasteiger charge is 2.58. The Labute approximate surface area is 390 Å². The molecule has 66 heavy (non-hydrogen) atoms. The van der Waals surface area contributed by atoms with E-state index in [9.17, 15) is 14.4 Å². The SMILES string of the molecule is CCC1OC(OC2C(C)C(O[C@H]3CC[C@H]4[C@@H]5CCc6cc(C)ccc6[C@H]5CC[C@]34C)OC(CC)C2OC(=O)c2ccccc2)C(C)C(OC(=O)c2ccccc2)C1OC(=O)c1ccccc1. The topological polar surface area (TPSA) is 116 Å². The molecule has 10 nitrogen and oxygen atoms in total. The molecule has 0 bridgehead atoms. The van der Waals surface area contributed by atoms with Crippen LogP contribution < -0.4 is 0 Å². The van der Waals surface area contributed by atoms with Crippen LogP contribution in [0.2, 0.25) is 0 Å². The zero-order valence-corrected chi connectivity index (χ0v) is 39.2. The molecule has 0 N–H and O–H groups in total. The molecule has 10 unspecified atom stereocenters. The summed E-state index contributed by atoms with van der Waals surface area (Å²) >= 11 is 0. The van der Waals surface area contributed by atoms with E-state index < -0.39 is 78.9 Å². The molecular weight excluding hydrogens is 833 g/mol. The smallest absolute Gasteiger partial charge is 0.338 e. The van der Waals surface area contributed by atoms with Gasteiger partial charge in [0.2, 0.25) is 0 Å². The number of esters is 3.